The van der Waals surface area contributed by atoms with Crippen LogP contribution in [0.1, 0.15) is 23.6 Å². The molecule has 14 heavy (non-hydrogen) atoms. The fraction of sp³-hybridized carbons (Fsp3) is 0.385. The van der Waals surface area contributed by atoms with Crippen LogP contribution in [0.4, 0.5) is 0 Å². The van der Waals surface area contributed by atoms with E-state index in [2.05, 4.69) is 50.4 Å². The molecule has 0 saturated heterocycles. The zero-order chi connectivity index (χ0) is 10.6. The smallest absolute Gasteiger partial charge is 0.0137 e. The quantitative estimate of drug-likeness (QED) is 0.771. The second-order valence-corrected chi connectivity index (χ2v) is 3.74. The Kier molecular flexibility index (Phi) is 3.90. The maximum Gasteiger partial charge on any atom is 0.0137 e. The molecule has 0 heterocycles. The molecular formula is C13H19N. The van der Waals surface area contributed by atoms with Crippen molar-refractivity contribution >= 4 is 5.57 Å². The van der Waals surface area contributed by atoms with Gasteiger partial charge >= 0.3 is 0 Å². The van der Waals surface area contributed by atoms with Crippen molar-refractivity contribution in [2.45, 2.75) is 20.8 Å². The highest BCUT2D eigenvalue weighted by Gasteiger charge is 1.97. The average molecular weight is 189 g/mol. The number of hydrogen-bond acceptors (Lipinski definition) is 1. The molecule has 0 bridgehead atoms. The van der Waals surface area contributed by atoms with E-state index in [-0.39, 0.29) is 0 Å². The fourth-order valence-corrected chi connectivity index (χ4v) is 1.36. The summed E-state index contributed by atoms with van der Waals surface area (Å²) < 4.78 is 0. The van der Waals surface area contributed by atoms with Gasteiger partial charge in [-0.25, -0.2) is 0 Å². The number of benzene rings is 1. The molecule has 0 aliphatic rings. The minimum Gasteiger partial charge on any atom is -0.316 e. The van der Waals surface area contributed by atoms with Crippen molar-refractivity contribution in [2.24, 2.45) is 0 Å². The van der Waals surface area contributed by atoms with Crippen molar-refractivity contribution in [1.29, 1.82) is 0 Å². The fourth-order valence-electron chi connectivity index (χ4n) is 1.36. The largest absolute Gasteiger partial charge is 0.316 e. The topological polar surface area (TPSA) is 12.0 Å². The summed E-state index contributed by atoms with van der Waals surface area (Å²) in [5, 5.41) is 3.12. The van der Waals surface area contributed by atoms with Gasteiger partial charge in [0, 0.05) is 6.54 Å². The van der Waals surface area contributed by atoms with Gasteiger partial charge in [-0.05, 0) is 50.1 Å². The minimum absolute atomic E-state index is 0.929. The van der Waals surface area contributed by atoms with Gasteiger partial charge in [-0.15, -0.1) is 0 Å². The number of likely N-dealkylation sites (N-methyl/N-ethyl adjacent to an activating group) is 1. The Bertz CT molecular complexity index is 337. The van der Waals surface area contributed by atoms with Crippen molar-refractivity contribution in [3.05, 3.63) is 41.0 Å². The first-order valence-corrected chi connectivity index (χ1v) is 5.04. The van der Waals surface area contributed by atoms with E-state index < -0.39 is 0 Å². The van der Waals surface area contributed by atoms with Crippen LogP contribution in [0.25, 0.3) is 5.57 Å². The Balaban J connectivity index is 2.91. The van der Waals surface area contributed by atoms with Crippen LogP contribution in [0.2, 0.25) is 0 Å². The van der Waals surface area contributed by atoms with Crippen LogP contribution < -0.4 is 5.32 Å². The second-order valence-electron chi connectivity index (χ2n) is 3.74. The lowest BCUT2D eigenvalue weighted by Crippen LogP contribution is -2.04. The molecule has 0 atom stereocenters. The van der Waals surface area contributed by atoms with E-state index in [1.807, 2.05) is 7.05 Å². The van der Waals surface area contributed by atoms with Gasteiger partial charge in [0.1, 0.15) is 0 Å². The van der Waals surface area contributed by atoms with E-state index in [0.29, 0.717) is 0 Å². The minimum atomic E-state index is 0.929. The van der Waals surface area contributed by atoms with Crippen molar-refractivity contribution in [2.75, 3.05) is 13.6 Å². The van der Waals surface area contributed by atoms with Gasteiger partial charge in [0.05, 0.1) is 0 Å². The summed E-state index contributed by atoms with van der Waals surface area (Å²) >= 11 is 0. The normalized spacial score (nSPS) is 11.9. The summed E-state index contributed by atoms with van der Waals surface area (Å²) in [7, 11) is 1.96. The Morgan fingerprint density at radius 1 is 1.29 bits per heavy atom. The van der Waals surface area contributed by atoms with Gasteiger partial charge in [0.25, 0.3) is 0 Å². The Morgan fingerprint density at radius 3 is 2.57 bits per heavy atom. The molecule has 1 aromatic carbocycles. The molecule has 0 aromatic heterocycles. The maximum atomic E-state index is 3.12. The first-order valence-electron chi connectivity index (χ1n) is 5.04. The van der Waals surface area contributed by atoms with Crippen LogP contribution in [-0.2, 0) is 0 Å². The van der Waals surface area contributed by atoms with Crippen molar-refractivity contribution in [3.8, 4) is 0 Å². The Morgan fingerprint density at radius 2 is 2.00 bits per heavy atom. The molecule has 1 heteroatoms. The lowest BCUT2D eigenvalue weighted by molar-refractivity contribution is 0.920. The van der Waals surface area contributed by atoms with Crippen molar-refractivity contribution < 1.29 is 0 Å². The highest BCUT2D eigenvalue weighted by atomic mass is 14.8. The first-order chi connectivity index (χ1) is 6.65. The molecule has 0 fully saturated rings. The molecule has 0 spiro atoms. The third kappa shape index (κ3) is 2.71. The summed E-state index contributed by atoms with van der Waals surface area (Å²) in [6, 6.07) is 6.61. The van der Waals surface area contributed by atoms with Crippen LogP contribution in [0.15, 0.2) is 24.3 Å². The number of nitrogens with one attached hydrogen (secondary N) is 1. The summed E-state index contributed by atoms with van der Waals surface area (Å²) in [4.78, 5) is 0. The Hall–Kier alpha value is -1.08. The van der Waals surface area contributed by atoms with Crippen LogP contribution in [-0.4, -0.2) is 13.6 Å². The SMILES string of the molecule is CNC/C=C(/C)c1ccc(C)c(C)c1. The standard InChI is InChI=1S/C13H19N/c1-10-5-6-13(9-12(10)3)11(2)7-8-14-4/h5-7,9,14H,8H2,1-4H3/b11-7-. The van der Waals surface area contributed by atoms with E-state index >= 15 is 0 Å². The maximum absolute atomic E-state index is 3.12. The van der Waals surface area contributed by atoms with Crippen LogP contribution in [0.3, 0.4) is 0 Å². The molecule has 1 nitrogen and oxygen atoms in total. The van der Waals surface area contributed by atoms with E-state index in [0.717, 1.165) is 6.54 Å². The monoisotopic (exact) mass is 189 g/mol. The highest BCUT2D eigenvalue weighted by molar-refractivity contribution is 5.64. The summed E-state index contributed by atoms with van der Waals surface area (Å²) in [5.74, 6) is 0. The van der Waals surface area contributed by atoms with Gasteiger partial charge in [-0.1, -0.05) is 24.3 Å². The summed E-state index contributed by atoms with van der Waals surface area (Å²) in [5.41, 5.74) is 5.38. The van der Waals surface area contributed by atoms with Gasteiger partial charge in [0.15, 0.2) is 0 Å². The molecule has 76 valence electrons. The zero-order valence-corrected chi connectivity index (χ0v) is 9.52. The van der Waals surface area contributed by atoms with Gasteiger partial charge < -0.3 is 5.32 Å². The predicted molar refractivity (Wildman–Crippen MR) is 63.5 cm³/mol. The Labute approximate surface area is 86.8 Å². The number of rotatable bonds is 3. The molecule has 1 rings (SSSR count). The van der Waals surface area contributed by atoms with Gasteiger partial charge in [-0.3, -0.25) is 0 Å². The predicted octanol–water partition coefficient (Wildman–Crippen LogP) is 2.93. The highest BCUT2D eigenvalue weighted by Crippen LogP contribution is 2.17. The molecule has 0 unspecified atom stereocenters. The lowest BCUT2D eigenvalue weighted by Gasteiger charge is -2.05. The lowest BCUT2D eigenvalue weighted by atomic mass is 10.0. The second kappa shape index (κ2) is 4.97. The van der Waals surface area contributed by atoms with Gasteiger partial charge in [0.2, 0.25) is 0 Å². The zero-order valence-electron chi connectivity index (χ0n) is 9.52. The molecule has 0 saturated carbocycles. The summed E-state index contributed by atoms with van der Waals surface area (Å²) in [6.45, 7) is 7.39. The molecule has 0 aliphatic heterocycles. The van der Waals surface area contributed by atoms with Gasteiger partial charge in [-0.2, -0.15) is 0 Å². The molecule has 0 radical (unpaired) electrons. The van der Waals surface area contributed by atoms with E-state index in [9.17, 15) is 0 Å². The van der Waals surface area contributed by atoms with E-state index in [4.69, 9.17) is 0 Å². The molecular weight excluding hydrogens is 170 g/mol. The van der Waals surface area contributed by atoms with Crippen LogP contribution in [0, 0.1) is 13.8 Å². The molecule has 0 aliphatic carbocycles. The number of hydrogen-bond donors (Lipinski definition) is 1. The van der Waals surface area contributed by atoms with Crippen molar-refractivity contribution in [3.63, 3.8) is 0 Å². The first kappa shape index (κ1) is 11.0. The number of aryl methyl sites for hydroxylation is 2. The van der Waals surface area contributed by atoms with E-state index in [1.54, 1.807) is 0 Å². The summed E-state index contributed by atoms with van der Waals surface area (Å²) in [6.07, 6.45) is 2.21. The van der Waals surface area contributed by atoms with Crippen LogP contribution >= 0.6 is 0 Å². The third-order valence-electron chi connectivity index (χ3n) is 2.57. The molecule has 1 aromatic rings. The van der Waals surface area contributed by atoms with Crippen molar-refractivity contribution in [1.82, 2.24) is 5.32 Å². The average Bonchev–Trinajstić information content (AvgIpc) is 2.18. The molecule has 1 N–H and O–H groups in total. The number of allylic oxidation sites excluding steroid dienone is 1. The molecule has 0 amide bonds. The third-order valence-corrected chi connectivity index (χ3v) is 2.57. The van der Waals surface area contributed by atoms with E-state index in [1.165, 1.54) is 22.3 Å². The van der Waals surface area contributed by atoms with Crippen LogP contribution in [0.5, 0.6) is 0 Å².